The minimum absolute atomic E-state index is 0.00947. The number of carbonyl (C=O) groups is 1. The van der Waals surface area contributed by atoms with Crippen molar-refractivity contribution in [2.45, 2.75) is 18.9 Å². The number of fused-ring (bicyclic) bond motifs is 2. The van der Waals surface area contributed by atoms with Gasteiger partial charge in [0, 0.05) is 36.6 Å². The van der Waals surface area contributed by atoms with E-state index in [1.54, 1.807) is 18.6 Å². The maximum atomic E-state index is 12.1. The van der Waals surface area contributed by atoms with E-state index in [1.165, 1.54) is 23.7 Å². The van der Waals surface area contributed by atoms with Gasteiger partial charge in [0.15, 0.2) is 10.7 Å². The van der Waals surface area contributed by atoms with Crippen LogP contribution < -0.4 is 5.73 Å². The molecule has 2 aliphatic rings. The number of nitrogen functional groups attached to an aromatic ring is 1. The Kier molecular flexibility index (Phi) is 5.62. The Hall–Kier alpha value is -4.58. The predicted octanol–water partition coefficient (Wildman–Crippen LogP) is 3.65. The summed E-state index contributed by atoms with van der Waals surface area (Å²) in [6.45, 7) is 5.16. The first-order chi connectivity index (χ1) is 19.1. The largest absolute Gasteiger partial charge is 0.383 e. The number of benzene rings is 1. The highest BCUT2D eigenvalue weighted by Crippen LogP contribution is 2.45. The second-order valence-electron chi connectivity index (χ2n) is 9.92. The smallest absolute Gasteiger partial charge is 0.245 e. The summed E-state index contributed by atoms with van der Waals surface area (Å²) >= 11 is 1.46. The minimum Gasteiger partial charge on any atom is -0.383 e. The van der Waals surface area contributed by atoms with Crippen molar-refractivity contribution in [1.82, 2.24) is 44.8 Å². The molecule has 1 aromatic carbocycles. The Morgan fingerprint density at radius 3 is 2.46 bits per heavy atom. The number of nitrogens with zero attached hydrogens (tertiary/aromatic N) is 9. The molecule has 7 rings (SSSR count). The third kappa shape index (κ3) is 4.04. The topological polar surface area (TPSA) is 141 Å². The highest BCUT2D eigenvalue weighted by atomic mass is 32.1. The summed E-state index contributed by atoms with van der Waals surface area (Å²) in [5, 5.41) is 15.9. The van der Waals surface area contributed by atoms with Crippen LogP contribution in [-0.4, -0.2) is 63.8 Å². The van der Waals surface area contributed by atoms with Gasteiger partial charge in [0.05, 0.1) is 17.6 Å². The molecule has 12 heteroatoms. The second-order valence-corrected chi connectivity index (χ2v) is 10.9. The summed E-state index contributed by atoms with van der Waals surface area (Å²) in [6.07, 6.45) is 9.72. The fourth-order valence-electron chi connectivity index (χ4n) is 5.85. The number of anilines is 1. The lowest BCUT2D eigenvalue weighted by atomic mass is 10.0. The second kappa shape index (κ2) is 9.31. The fourth-order valence-corrected chi connectivity index (χ4v) is 6.66. The molecule has 11 nitrogen and oxygen atoms in total. The average molecular weight is 537 g/mol. The minimum atomic E-state index is 0.00947. The molecule has 4 aromatic heterocycles. The van der Waals surface area contributed by atoms with Gasteiger partial charge in [0.1, 0.15) is 28.5 Å². The number of aromatic nitrogens is 8. The molecule has 39 heavy (non-hydrogen) atoms. The van der Waals surface area contributed by atoms with Crippen molar-refractivity contribution < 1.29 is 4.79 Å². The van der Waals surface area contributed by atoms with Gasteiger partial charge in [0.25, 0.3) is 0 Å². The molecule has 194 valence electrons. The van der Waals surface area contributed by atoms with Crippen LogP contribution in [0, 0.1) is 11.8 Å². The van der Waals surface area contributed by atoms with E-state index < -0.39 is 0 Å². The normalized spacial score (nSPS) is 20.4. The maximum absolute atomic E-state index is 12.1. The van der Waals surface area contributed by atoms with Gasteiger partial charge in [-0.2, -0.15) is 5.10 Å². The first-order valence-electron chi connectivity index (χ1n) is 12.7. The molecule has 0 bridgehead atoms. The number of hydrogen-bond acceptors (Lipinski definition) is 10. The van der Waals surface area contributed by atoms with Gasteiger partial charge >= 0.3 is 0 Å². The lowest BCUT2D eigenvalue weighted by Gasteiger charge is -2.18. The van der Waals surface area contributed by atoms with E-state index in [4.69, 9.17) is 10.8 Å². The van der Waals surface area contributed by atoms with Crippen LogP contribution in [0.5, 0.6) is 0 Å². The lowest BCUT2D eigenvalue weighted by molar-refractivity contribution is -0.125. The van der Waals surface area contributed by atoms with Crippen LogP contribution in [0.4, 0.5) is 5.82 Å². The zero-order chi connectivity index (χ0) is 26.5. The van der Waals surface area contributed by atoms with Crippen molar-refractivity contribution in [2.75, 3.05) is 18.8 Å². The van der Waals surface area contributed by atoms with Crippen LogP contribution in [0.3, 0.4) is 0 Å². The molecule has 1 saturated carbocycles. The standard InChI is InChI=1S/C27H24N10OS/c1-2-21(38)36-12-17-9-19(10-18(17)13-36)37-25-22(24(28)31-14-32-25)23(35-37)15-3-5-16(6-4-15)26-33-34-27(39-26)20-11-29-7-8-30-20/h2-8,11,14,17-19H,1,9-10,12-13H2,(H2,28,31,32). The van der Waals surface area contributed by atoms with E-state index in [2.05, 4.69) is 36.7 Å². The molecule has 2 N–H and O–H groups in total. The van der Waals surface area contributed by atoms with Gasteiger partial charge in [-0.05, 0) is 30.8 Å². The maximum Gasteiger partial charge on any atom is 0.245 e. The molecule has 1 saturated heterocycles. The molecular formula is C27H24N10OS. The van der Waals surface area contributed by atoms with Crippen LogP contribution in [0.1, 0.15) is 18.9 Å². The third-order valence-corrected chi connectivity index (χ3v) is 8.68. The van der Waals surface area contributed by atoms with Crippen LogP contribution in [0.15, 0.2) is 61.8 Å². The van der Waals surface area contributed by atoms with E-state index in [1.807, 2.05) is 33.8 Å². The highest BCUT2D eigenvalue weighted by Gasteiger charge is 2.43. The molecule has 0 spiro atoms. The van der Waals surface area contributed by atoms with E-state index in [0.29, 0.717) is 23.3 Å². The number of hydrogen-bond donors (Lipinski definition) is 1. The van der Waals surface area contributed by atoms with Crippen LogP contribution in [-0.2, 0) is 4.79 Å². The Balaban J connectivity index is 1.18. The quantitative estimate of drug-likeness (QED) is 0.333. The molecular weight excluding hydrogens is 512 g/mol. The summed E-state index contributed by atoms with van der Waals surface area (Å²) < 4.78 is 2.02. The zero-order valence-corrected chi connectivity index (χ0v) is 21.7. The summed E-state index contributed by atoms with van der Waals surface area (Å²) in [5.74, 6) is 1.30. The monoisotopic (exact) mass is 536 g/mol. The van der Waals surface area contributed by atoms with Crippen molar-refractivity contribution in [3.8, 4) is 32.5 Å². The zero-order valence-electron chi connectivity index (χ0n) is 20.9. The van der Waals surface area contributed by atoms with E-state index in [0.717, 1.165) is 63.8 Å². The van der Waals surface area contributed by atoms with Gasteiger partial charge in [-0.3, -0.25) is 14.8 Å². The van der Waals surface area contributed by atoms with Gasteiger partial charge in [-0.1, -0.05) is 42.2 Å². The van der Waals surface area contributed by atoms with Crippen LogP contribution in [0.25, 0.3) is 43.6 Å². The molecule has 1 amide bonds. The van der Waals surface area contributed by atoms with E-state index >= 15 is 0 Å². The van der Waals surface area contributed by atoms with Crippen molar-refractivity contribution >= 4 is 34.1 Å². The first kappa shape index (κ1) is 23.5. The summed E-state index contributed by atoms with van der Waals surface area (Å²) in [5.41, 5.74) is 10.4. The summed E-state index contributed by atoms with van der Waals surface area (Å²) in [4.78, 5) is 31.3. The fraction of sp³-hybridized carbons (Fsp3) is 0.259. The van der Waals surface area contributed by atoms with Crippen molar-refractivity contribution in [3.63, 3.8) is 0 Å². The molecule has 1 aliphatic carbocycles. The van der Waals surface area contributed by atoms with Gasteiger partial charge in [-0.15, -0.1) is 10.2 Å². The number of carbonyl (C=O) groups excluding carboxylic acids is 1. The predicted molar refractivity (Wildman–Crippen MR) is 147 cm³/mol. The summed E-state index contributed by atoms with van der Waals surface area (Å²) in [7, 11) is 0. The average Bonchev–Trinajstić information content (AvgIpc) is 3.75. The van der Waals surface area contributed by atoms with Gasteiger partial charge < -0.3 is 10.6 Å². The number of amides is 1. The SMILES string of the molecule is C=CC(=O)N1CC2CC(n3nc(-c4ccc(-c5nnc(-c6cnccn6)s5)cc4)c4c(N)ncnc43)CC2C1. The number of nitrogens with two attached hydrogens (primary N) is 1. The van der Waals surface area contributed by atoms with E-state index in [-0.39, 0.29) is 11.9 Å². The molecule has 1 aliphatic heterocycles. The Labute approximate surface area is 227 Å². The molecule has 5 aromatic rings. The number of rotatable bonds is 5. The molecule has 2 fully saturated rings. The van der Waals surface area contributed by atoms with E-state index in [9.17, 15) is 4.79 Å². The molecule has 5 heterocycles. The van der Waals surface area contributed by atoms with Crippen LogP contribution in [0.2, 0.25) is 0 Å². The highest BCUT2D eigenvalue weighted by molar-refractivity contribution is 7.17. The van der Waals surface area contributed by atoms with Crippen molar-refractivity contribution in [3.05, 3.63) is 61.8 Å². The summed E-state index contributed by atoms with van der Waals surface area (Å²) in [6, 6.07) is 8.23. The van der Waals surface area contributed by atoms with Gasteiger partial charge in [0.2, 0.25) is 5.91 Å². The number of likely N-dealkylation sites (tertiary alicyclic amines) is 1. The molecule has 0 radical (unpaired) electrons. The lowest BCUT2D eigenvalue weighted by Crippen LogP contribution is -2.28. The Morgan fingerprint density at radius 2 is 1.74 bits per heavy atom. The molecule has 2 unspecified atom stereocenters. The Morgan fingerprint density at radius 1 is 1.00 bits per heavy atom. The molecule has 2 atom stereocenters. The first-order valence-corrected chi connectivity index (χ1v) is 13.5. The van der Waals surface area contributed by atoms with Crippen LogP contribution >= 0.6 is 11.3 Å². The third-order valence-electron chi connectivity index (χ3n) is 7.69. The van der Waals surface area contributed by atoms with Crippen molar-refractivity contribution in [2.24, 2.45) is 11.8 Å². The van der Waals surface area contributed by atoms with Crippen molar-refractivity contribution in [1.29, 1.82) is 0 Å². The van der Waals surface area contributed by atoms with Gasteiger partial charge in [-0.25, -0.2) is 14.6 Å². The Bertz CT molecular complexity index is 1680.